The number of ketones is 1. The molecule has 4 aliphatic carbocycles. The van der Waals surface area contributed by atoms with Gasteiger partial charge in [0.05, 0.1) is 10.4 Å². The van der Waals surface area contributed by atoms with Gasteiger partial charge in [-0.1, -0.05) is 71.9 Å². The molecule has 5 nitrogen and oxygen atoms in total. The van der Waals surface area contributed by atoms with Crippen molar-refractivity contribution in [2.24, 2.45) is 46.3 Å². The van der Waals surface area contributed by atoms with Gasteiger partial charge < -0.3 is 10.1 Å². The minimum absolute atomic E-state index is 0.00458. The maximum absolute atomic E-state index is 13.4. The quantitative estimate of drug-likeness (QED) is 0.169. The molecule has 1 N–H and O–H groups in total. The number of unbranched alkanes of at least 4 members (excludes halogenated alkanes) is 4. The normalized spacial score (nSPS) is 35.6. The summed E-state index contributed by atoms with van der Waals surface area (Å²) in [5, 5.41) is 3.30. The van der Waals surface area contributed by atoms with Crippen molar-refractivity contribution in [1.29, 1.82) is 0 Å². The Morgan fingerprint density at radius 1 is 1.04 bits per heavy atom. The fourth-order valence-electron chi connectivity index (χ4n) is 10.8. The molecule has 45 heavy (non-hydrogen) atoms. The van der Waals surface area contributed by atoms with E-state index < -0.39 is 0 Å². The number of carbonyl (C=O) groups excluding carboxylic acids is 3. The van der Waals surface area contributed by atoms with Crippen molar-refractivity contribution in [3.63, 3.8) is 0 Å². The summed E-state index contributed by atoms with van der Waals surface area (Å²) in [5.74, 6) is 2.88. The molecule has 1 unspecified atom stereocenters. The molecule has 1 aromatic rings. The van der Waals surface area contributed by atoms with Crippen LogP contribution in [0.5, 0.6) is 0 Å². The number of nitrogens with one attached hydrogen (secondary N) is 1. The number of hydrogen-bond acceptors (Lipinski definition) is 5. The summed E-state index contributed by atoms with van der Waals surface area (Å²) in [7, 11) is 0. The van der Waals surface area contributed by atoms with Crippen molar-refractivity contribution < 1.29 is 19.1 Å². The van der Waals surface area contributed by atoms with Crippen molar-refractivity contribution in [3.05, 3.63) is 21.3 Å². The number of amides is 1. The van der Waals surface area contributed by atoms with Crippen LogP contribution < -0.4 is 5.32 Å². The van der Waals surface area contributed by atoms with Gasteiger partial charge in [0, 0.05) is 36.5 Å². The van der Waals surface area contributed by atoms with E-state index in [-0.39, 0.29) is 40.8 Å². The third-order valence-electron chi connectivity index (χ3n) is 13.2. The Kier molecular flexibility index (Phi) is 11.5. The summed E-state index contributed by atoms with van der Waals surface area (Å²) < 4.78 is 7.24. The molecule has 0 saturated heterocycles. The number of fused-ring (bicyclic) bond motifs is 5. The van der Waals surface area contributed by atoms with Crippen LogP contribution in [-0.2, 0) is 19.1 Å². The molecule has 4 fully saturated rings. The molecule has 0 spiro atoms. The molecule has 0 aromatic carbocycles. The lowest BCUT2D eigenvalue weighted by Crippen LogP contribution is -2.59. The van der Waals surface area contributed by atoms with Gasteiger partial charge in [0.2, 0.25) is 5.91 Å². The molecular weight excluding hydrogens is 602 g/mol. The third kappa shape index (κ3) is 7.37. The van der Waals surface area contributed by atoms with E-state index in [9.17, 15) is 14.4 Å². The van der Waals surface area contributed by atoms with Crippen LogP contribution in [0.15, 0.2) is 12.1 Å². The van der Waals surface area contributed by atoms with Gasteiger partial charge in [-0.25, -0.2) is 0 Å². The maximum atomic E-state index is 13.4. The molecule has 0 radical (unpaired) electrons. The van der Waals surface area contributed by atoms with Gasteiger partial charge in [-0.15, -0.1) is 11.3 Å². The number of ether oxygens (including phenoxy) is 1. The minimum atomic E-state index is -0.0907. The van der Waals surface area contributed by atoms with E-state index in [2.05, 4.69) is 39.9 Å². The summed E-state index contributed by atoms with van der Waals surface area (Å²) >= 11 is 7.74. The predicted octanol–water partition coefficient (Wildman–Crippen LogP) is 10.1. The molecule has 5 rings (SSSR count). The van der Waals surface area contributed by atoms with Crippen molar-refractivity contribution >= 4 is 40.6 Å². The Morgan fingerprint density at radius 2 is 1.80 bits per heavy atom. The molecule has 252 valence electrons. The number of Topliss-reactive ketones (excluding diaryl/α,β-unsaturated/α-hetero) is 1. The predicted molar refractivity (Wildman–Crippen MR) is 183 cm³/mol. The average molecular weight is 660 g/mol. The Balaban J connectivity index is 1.29. The topological polar surface area (TPSA) is 72.5 Å². The van der Waals surface area contributed by atoms with Crippen LogP contribution in [0.4, 0.5) is 0 Å². The Hall–Kier alpha value is -1.40. The summed E-state index contributed by atoms with van der Waals surface area (Å²) in [5.41, 5.74) is 0.275. The highest BCUT2D eigenvalue weighted by Gasteiger charge is 2.64. The fourth-order valence-corrected chi connectivity index (χ4v) is 12.0. The summed E-state index contributed by atoms with van der Waals surface area (Å²) in [6, 6.07) is 3.94. The monoisotopic (exact) mass is 659 g/mol. The first kappa shape index (κ1) is 34.9. The lowest BCUT2D eigenvalue weighted by Gasteiger charge is -2.62. The summed E-state index contributed by atoms with van der Waals surface area (Å²) in [6.07, 6.45) is 15.1. The van der Waals surface area contributed by atoms with Gasteiger partial charge in [0.25, 0.3) is 0 Å². The first-order chi connectivity index (χ1) is 21.5. The second kappa shape index (κ2) is 14.8. The van der Waals surface area contributed by atoms with Crippen LogP contribution >= 0.6 is 22.9 Å². The van der Waals surface area contributed by atoms with Gasteiger partial charge in [0.1, 0.15) is 11.9 Å². The van der Waals surface area contributed by atoms with Crippen molar-refractivity contribution in [2.75, 3.05) is 0 Å². The highest BCUT2D eigenvalue weighted by Crippen LogP contribution is 2.68. The number of thiophene rings is 1. The van der Waals surface area contributed by atoms with Crippen molar-refractivity contribution in [1.82, 2.24) is 5.32 Å². The van der Waals surface area contributed by atoms with Gasteiger partial charge in [-0.2, -0.15) is 0 Å². The van der Waals surface area contributed by atoms with E-state index in [0.717, 1.165) is 67.0 Å². The first-order valence-electron chi connectivity index (χ1n) is 18.3. The number of halogens is 1. The lowest BCUT2D eigenvalue weighted by atomic mass is 9.43. The molecule has 4 saturated carbocycles. The number of carbonyl (C=O) groups is 3. The Bertz CT molecular complexity index is 1200. The molecule has 1 aromatic heterocycles. The minimum Gasteiger partial charge on any atom is -0.462 e. The average Bonchev–Trinajstić information content (AvgIpc) is 3.59. The molecule has 1 heterocycles. The molecule has 1 amide bonds. The van der Waals surface area contributed by atoms with E-state index in [0.29, 0.717) is 61.1 Å². The Labute approximate surface area is 281 Å². The second-order valence-corrected chi connectivity index (χ2v) is 17.5. The molecular formula is C38H58ClNO4S. The standard InChI is InChI=1S/C38H58ClNO4S/c1-6-8-9-10-11-12-35(43)44-31-23-25-22-26(41)17-19-37(25,4)29-18-20-38(5)27(13-14-28(38)36(29)31)24(3)21-34(42)40-30(7-2)32-15-16-33(39)45-32/h15-16,24-25,27-31,36H,6-14,17-23H2,1-5H3,(H,40,42)/t24-,25+,27?,28+,29+,30-,31-,36+,37+,38-/m1/s1. The van der Waals surface area contributed by atoms with Crippen molar-refractivity contribution in [2.45, 2.75) is 149 Å². The number of rotatable bonds is 13. The second-order valence-electron chi connectivity index (χ2n) is 15.7. The Morgan fingerprint density at radius 3 is 2.51 bits per heavy atom. The zero-order valence-electron chi connectivity index (χ0n) is 28.5. The van der Waals surface area contributed by atoms with Crippen LogP contribution in [0.1, 0.15) is 148 Å². The molecule has 10 atom stereocenters. The molecule has 0 aliphatic heterocycles. The fraction of sp³-hybridized carbons (Fsp3) is 0.816. The number of hydrogen-bond donors (Lipinski definition) is 1. The van der Waals surface area contributed by atoms with Crippen molar-refractivity contribution in [3.8, 4) is 0 Å². The lowest BCUT2D eigenvalue weighted by molar-refractivity contribution is -0.191. The largest absolute Gasteiger partial charge is 0.462 e. The molecule has 7 heteroatoms. The van der Waals surface area contributed by atoms with Gasteiger partial charge in [-0.3, -0.25) is 14.4 Å². The van der Waals surface area contributed by atoms with E-state index in [4.69, 9.17) is 16.3 Å². The zero-order valence-corrected chi connectivity index (χ0v) is 30.1. The SMILES string of the molecule is CCCCCCCC(=O)O[C@@H]1C[C@@H]2CC(=O)CC[C@]2(C)[C@H]2CC[C@]3(C)C([C@H](C)CC(=O)N[C@H](CC)c4ccc(Cl)s4)CC[C@H]3[C@H]12. The van der Waals surface area contributed by atoms with Crippen LogP contribution in [0.25, 0.3) is 0 Å². The van der Waals surface area contributed by atoms with Gasteiger partial charge in [-0.05, 0) is 104 Å². The van der Waals surface area contributed by atoms with E-state index in [1.165, 1.54) is 19.3 Å². The highest BCUT2D eigenvalue weighted by atomic mass is 35.5. The van der Waals surface area contributed by atoms with E-state index >= 15 is 0 Å². The zero-order chi connectivity index (χ0) is 32.4. The highest BCUT2D eigenvalue weighted by molar-refractivity contribution is 7.16. The van der Waals surface area contributed by atoms with Gasteiger partial charge in [0.15, 0.2) is 0 Å². The molecule has 4 aliphatic rings. The third-order valence-corrected chi connectivity index (χ3v) is 14.5. The van der Waals surface area contributed by atoms with E-state index in [1.807, 2.05) is 12.1 Å². The van der Waals surface area contributed by atoms with Crippen LogP contribution in [0.3, 0.4) is 0 Å². The van der Waals surface area contributed by atoms with Crippen LogP contribution in [-0.4, -0.2) is 23.8 Å². The van der Waals surface area contributed by atoms with Gasteiger partial charge >= 0.3 is 5.97 Å². The maximum Gasteiger partial charge on any atom is 0.306 e. The summed E-state index contributed by atoms with van der Waals surface area (Å²) in [4.78, 5) is 40.4. The number of esters is 1. The van der Waals surface area contributed by atoms with E-state index in [1.54, 1.807) is 11.3 Å². The van der Waals surface area contributed by atoms with Crippen LogP contribution in [0.2, 0.25) is 4.34 Å². The molecule has 0 bridgehead atoms. The summed E-state index contributed by atoms with van der Waals surface area (Å²) in [6.45, 7) is 11.6. The smallest absolute Gasteiger partial charge is 0.306 e. The van der Waals surface area contributed by atoms with Crippen LogP contribution in [0, 0.1) is 46.3 Å². The first-order valence-corrected chi connectivity index (χ1v) is 19.4.